The molecule has 3 heterocycles. The van der Waals surface area contributed by atoms with E-state index in [2.05, 4.69) is 12.2 Å². The molecule has 3 saturated heterocycles. The largest absolute Gasteiger partial charge is 0.316 e. The Morgan fingerprint density at radius 3 is 2.57 bits per heavy atom. The summed E-state index contributed by atoms with van der Waals surface area (Å²) in [5.41, 5.74) is 0.185. The molecule has 0 aromatic carbocycles. The molecule has 3 aliphatic rings. The molecule has 1 N–H and O–H groups in total. The molecule has 0 amide bonds. The van der Waals surface area contributed by atoms with Crippen molar-refractivity contribution >= 4 is 10.2 Å². The van der Waals surface area contributed by atoms with Crippen LogP contribution in [-0.2, 0) is 10.2 Å². The lowest BCUT2D eigenvalue weighted by Crippen LogP contribution is -2.56. The number of hydrogen-bond donors (Lipinski definition) is 1. The van der Waals surface area contributed by atoms with E-state index in [1.54, 1.807) is 8.61 Å². The standard InChI is InChI=1S/C15H29N3O2S/c1-14-5-2-9-17(11-14)21(19,20)18-10-4-7-15(13-18)6-3-8-16-12-15/h14,16H,2-13H2,1H3. The highest BCUT2D eigenvalue weighted by molar-refractivity contribution is 7.86. The number of hydrogen-bond acceptors (Lipinski definition) is 3. The molecule has 1 spiro atoms. The Kier molecular flexibility index (Phi) is 4.60. The van der Waals surface area contributed by atoms with Crippen molar-refractivity contribution in [2.45, 2.75) is 45.4 Å². The van der Waals surface area contributed by atoms with E-state index >= 15 is 0 Å². The molecule has 122 valence electrons. The van der Waals surface area contributed by atoms with Gasteiger partial charge in [0.2, 0.25) is 0 Å². The monoisotopic (exact) mass is 315 g/mol. The van der Waals surface area contributed by atoms with E-state index in [4.69, 9.17) is 0 Å². The van der Waals surface area contributed by atoms with Crippen LogP contribution in [0.2, 0.25) is 0 Å². The van der Waals surface area contributed by atoms with Crippen LogP contribution in [0.3, 0.4) is 0 Å². The van der Waals surface area contributed by atoms with Crippen molar-refractivity contribution in [1.29, 1.82) is 0 Å². The summed E-state index contributed by atoms with van der Waals surface area (Å²) in [5.74, 6) is 0.489. The zero-order valence-corrected chi connectivity index (χ0v) is 14.0. The number of piperidine rings is 3. The Bertz CT molecular complexity index is 454. The van der Waals surface area contributed by atoms with Gasteiger partial charge < -0.3 is 5.32 Å². The molecule has 0 radical (unpaired) electrons. The van der Waals surface area contributed by atoms with Gasteiger partial charge >= 0.3 is 0 Å². The van der Waals surface area contributed by atoms with Crippen LogP contribution in [0.25, 0.3) is 0 Å². The first-order valence-electron chi connectivity index (χ1n) is 8.48. The topological polar surface area (TPSA) is 52.7 Å². The molecule has 2 unspecified atom stereocenters. The van der Waals surface area contributed by atoms with Gasteiger partial charge in [0.15, 0.2) is 0 Å². The second-order valence-electron chi connectivity index (χ2n) is 7.33. The maximum Gasteiger partial charge on any atom is 0.282 e. The SMILES string of the molecule is CC1CCCN(S(=O)(=O)N2CCCC3(CCCNC3)C2)C1. The van der Waals surface area contributed by atoms with Crippen LogP contribution in [-0.4, -0.2) is 56.3 Å². The average molecular weight is 315 g/mol. The molecule has 5 nitrogen and oxygen atoms in total. The van der Waals surface area contributed by atoms with Crippen LogP contribution in [0, 0.1) is 11.3 Å². The first-order valence-corrected chi connectivity index (χ1v) is 9.88. The van der Waals surface area contributed by atoms with Crippen LogP contribution in [0.1, 0.15) is 45.4 Å². The van der Waals surface area contributed by atoms with Gasteiger partial charge in [-0.15, -0.1) is 0 Å². The molecule has 0 bridgehead atoms. The van der Waals surface area contributed by atoms with Crippen LogP contribution in [0.4, 0.5) is 0 Å². The molecular formula is C15H29N3O2S. The molecule has 0 aliphatic carbocycles. The van der Waals surface area contributed by atoms with Crippen LogP contribution >= 0.6 is 0 Å². The molecular weight excluding hydrogens is 286 g/mol. The summed E-state index contributed by atoms with van der Waals surface area (Å²) >= 11 is 0. The highest BCUT2D eigenvalue weighted by atomic mass is 32.2. The van der Waals surface area contributed by atoms with Gasteiger partial charge in [0.05, 0.1) is 0 Å². The summed E-state index contributed by atoms with van der Waals surface area (Å²) < 4.78 is 29.4. The van der Waals surface area contributed by atoms with Gasteiger partial charge in [-0.3, -0.25) is 0 Å². The zero-order valence-electron chi connectivity index (χ0n) is 13.2. The Morgan fingerprint density at radius 1 is 1.10 bits per heavy atom. The Hall–Kier alpha value is -0.170. The Labute approximate surface area is 129 Å². The van der Waals surface area contributed by atoms with Gasteiger partial charge in [0, 0.05) is 32.7 Å². The van der Waals surface area contributed by atoms with Crippen molar-refractivity contribution in [3.8, 4) is 0 Å². The van der Waals surface area contributed by atoms with Gasteiger partial charge in [-0.05, 0) is 56.4 Å². The number of rotatable bonds is 2. The summed E-state index contributed by atoms with van der Waals surface area (Å²) in [4.78, 5) is 0. The van der Waals surface area contributed by atoms with Crippen LogP contribution in [0.15, 0.2) is 0 Å². The normalized spacial score (nSPS) is 36.9. The number of nitrogens with one attached hydrogen (secondary N) is 1. The third kappa shape index (κ3) is 3.28. The summed E-state index contributed by atoms with van der Waals surface area (Å²) in [6.45, 7) is 7.04. The molecule has 0 saturated carbocycles. The molecule has 3 aliphatic heterocycles. The second-order valence-corrected chi connectivity index (χ2v) is 9.26. The lowest BCUT2D eigenvalue weighted by molar-refractivity contribution is 0.104. The summed E-state index contributed by atoms with van der Waals surface area (Å²) in [5, 5.41) is 3.47. The van der Waals surface area contributed by atoms with Crippen molar-refractivity contribution in [2.24, 2.45) is 11.3 Å². The lowest BCUT2D eigenvalue weighted by atomic mass is 9.75. The minimum Gasteiger partial charge on any atom is -0.316 e. The van der Waals surface area contributed by atoms with Crippen molar-refractivity contribution in [3.05, 3.63) is 0 Å². The molecule has 3 fully saturated rings. The smallest absolute Gasteiger partial charge is 0.282 e. The first-order chi connectivity index (χ1) is 10.0. The van der Waals surface area contributed by atoms with Gasteiger partial charge in [-0.1, -0.05) is 6.92 Å². The Morgan fingerprint density at radius 2 is 1.86 bits per heavy atom. The van der Waals surface area contributed by atoms with Gasteiger partial charge in [-0.2, -0.15) is 17.0 Å². The van der Waals surface area contributed by atoms with Crippen LogP contribution in [0.5, 0.6) is 0 Å². The van der Waals surface area contributed by atoms with E-state index in [-0.39, 0.29) is 5.41 Å². The van der Waals surface area contributed by atoms with Crippen molar-refractivity contribution in [2.75, 3.05) is 39.3 Å². The fourth-order valence-corrected chi connectivity index (χ4v) is 6.18. The van der Waals surface area contributed by atoms with Gasteiger partial charge in [0.25, 0.3) is 10.2 Å². The first kappa shape index (κ1) is 15.7. The fourth-order valence-electron chi connectivity index (χ4n) is 4.26. The average Bonchev–Trinajstić information content (AvgIpc) is 2.48. The maximum absolute atomic E-state index is 12.9. The number of nitrogens with zero attached hydrogens (tertiary/aromatic N) is 2. The van der Waals surface area contributed by atoms with Crippen LogP contribution < -0.4 is 5.32 Å². The van der Waals surface area contributed by atoms with Crippen molar-refractivity contribution in [1.82, 2.24) is 13.9 Å². The van der Waals surface area contributed by atoms with E-state index in [1.807, 2.05) is 0 Å². The second kappa shape index (κ2) is 6.14. The summed E-state index contributed by atoms with van der Waals surface area (Å²) in [6, 6.07) is 0. The quantitative estimate of drug-likeness (QED) is 0.839. The maximum atomic E-state index is 12.9. The molecule has 0 aromatic rings. The van der Waals surface area contributed by atoms with Crippen molar-refractivity contribution < 1.29 is 8.42 Å². The minimum atomic E-state index is -3.25. The fraction of sp³-hybridized carbons (Fsp3) is 1.00. The third-order valence-corrected chi connectivity index (χ3v) is 7.41. The molecule has 0 aromatic heterocycles. The highest BCUT2D eigenvalue weighted by Gasteiger charge is 2.42. The molecule has 2 atom stereocenters. The van der Waals surface area contributed by atoms with E-state index in [1.165, 1.54) is 19.3 Å². The van der Waals surface area contributed by atoms with Gasteiger partial charge in [0.1, 0.15) is 0 Å². The zero-order chi connectivity index (χ0) is 14.9. The van der Waals surface area contributed by atoms with E-state index in [9.17, 15) is 8.42 Å². The van der Waals surface area contributed by atoms with E-state index in [0.29, 0.717) is 32.1 Å². The summed E-state index contributed by atoms with van der Waals surface area (Å²) in [6.07, 6.45) is 6.67. The van der Waals surface area contributed by atoms with Crippen molar-refractivity contribution in [3.63, 3.8) is 0 Å². The predicted octanol–water partition coefficient (Wildman–Crippen LogP) is 1.43. The van der Waals surface area contributed by atoms with E-state index in [0.717, 1.165) is 32.4 Å². The molecule has 6 heteroatoms. The third-order valence-electron chi connectivity index (χ3n) is 5.46. The van der Waals surface area contributed by atoms with E-state index < -0.39 is 10.2 Å². The molecule has 21 heavy (non-hydrogen) atoms. The highest BCUT2D eigenvalue weighted by Crippen LogP contribution is 2.37. The Balaban J connectivity index is 1.72. The minimum absolute atomic E-state index is 0.185. The molecule has 3 rings (SSSR count). The summed E-state index contributed by atoms with van der Waals surface area (Å²) in [7, 11) is -3.25. The van der Waals surface area contributed by atoms with Gasteiger partial charge in [-0.25, -0.2) is 0 Å². The lowest BCUT2D eigenvalue weighted by Gasteiger charge is -2.46. The predicted molar refractivity (Wildman–Crippen MR) is 84.2 cm³/mol.